The molecule has 0 saturated heterocycles. The molecule has 2 aromatic rings. The van der Waals surface area contributed by atoms with Crippen LogP contribution in [0.2, 0.25) is 0 Å². The third-order valence-corrected chi connectivity index (χ3v) is 2.88. The first-order valence-corrected chi connectivity index (χ1v) is 6.09. The quantitative estimate of drug-likeness (QED) is 0.494. The van der Waals surface area contributed by atoms with Gasteiger partial charge in [0.2, 0.25) is 0 Å². The second-order valence-electron chi connectivity index (χ2n) is 4.38. The smallest absolute Gasteiger partial charge is 0.549 e. The van der Waals surface area contributed by atoms with Crippen molar-refractivity contribution in [3.8, 4) is 0 Å². The van der Waals surface area contributed by atoms with Crippen LogP contribution in [0.1, 0.15) is 0 Å². The van der Waals surface area contributed by atoms with E-state index in [9.17, 15) is 19.8 Å². The third-order valence-electron chi connectivity index (χ3n) is 2.88. The van der Waals surface area contributed by atoms with Gasteiger partial charge in [0.25, 0.3) is 0 Å². The van der Waals surface area contributed by atoms with Gasteiger partial charge in [-0.2, -0.15) is 5.10 Å². The van der Waals surface area contributed by atoms with E-state index < -0.39 is 25.0 Å². The summed E-state index contributed by atoms with van der Waals surface area (Å²) in [6.45, 7) is -0.290. The van der Waals surface area contributed by atoms with Crippen LogP contribution in [0.25, 0.3) is 10.9 Å². The van der Waals surface area contributed by atoms with Crippen molar-refractivity contribution in [2.45, 2.75) is 6.54 Å². The van der Waals surface area contributed by atoms with E-state index in [2.05, 4.69) is 5.10 Å². The van der Waals surface area contributed by atoms with E-state index in [4.69, 9.17) is 0 Å². The Balaban J connectivity index is 0.00000220. The van der Waals surface area contributed by atoms with Crippen LogP contribution < -0.4 is 10.2 Å². The summed E-state index contributed by atoms with van der Waals surface area (Å²) in [7, 11) is 0. The zero-order chi connectivity index (χ0) is 14.5. The molecule has 0 fully saturated rings. The second-order valence-corrected chi connectivity index (χ2v) is 4.38. The normalized spacial score (nSPS) is 10.5. The van der Waals surface area contributed by atoms with Crippen LogP contribution in [-0.2, 0) is 16.1 Å². The molecule has 7 nitrogen and oxygen atoms in total. The van der Waals surface area contributed by atoms with Gasteiger partial charge in [0.1, 0.15) is 0 Å². The molecule has 0 aliphatic heterocycles. The van der Waals surface area contributed by atoms with E-state index in [1.54, 1.807) is 10.9 Å². The molecule has 1 aromatic heterocycles. The molecule has 111 valence electrons. The van der Waals surface area contributed by atoms with Crippen molar-refractivity contribution < 1.29 is 59.7 Å². The van der Waals surface area contributed by atoms with Crippen molar-refractivity contribution in [3.05, 3.63) is 30.5 Å². The Morgan fingerprint density at radius 3 is 2.38 bits per heavy atom. The van der Waals surface area contributed by atoms with E-state index in [1.807, 2.05) is 24.3 Å². The van der Waals surface area contributed by atoms with Gasteiger partial charge >= 0.3 is 39.9 Å². The number of benzene rings is 1. The maximum Gasteiger partial charge on any atom is 3.00 e. The van der Waals surface area contributed by atoms with E-state index in [1.165, 1.54) is 4.90 Å². The summed E-state index contributed by atoms with van der Waals surface area (Å²) >= 11 is 0. The van der Waals surface area contributed by atoms with Crippen LogP contribution in [0.3, 0.4) is 0 Å². The molecular formula is C13H13GdN3O4+. The second kappa shape index (κ2) is 8.38. The third kappa shape index (κ3) is 5.31. The summed E-state index contributed by atoms with van der Waals surface area (Å²) in [6.07, 6.45) is 1.71. The van der Waals surface area contributed by atoms with E-state index >= 15 is 0 Å². The molecule has 1 aromatic carbocycles. The number of carbonyl (C=O) groups excluding carboxylic acids is 2. The van der Waals surface area contributed by atoms with Gasteiger partial charge in [-0.1, -0.05) is 18.2 Å². The standard InChI is InChI=1S/C13H15N3O4.Gd/c17-12(18)8-15(9-13(19)20)5-6-16-11-4-2-1-3-10(11)7-14-16;/h1-4,7H,5-6,8-9H2,(H,17,18)(H,19,20);/q;+3/p-2. The van der Waals surface area contributed by atoms with Gasteiger partial charge in [-0.25, -0.2) is 0 Å². The van der Waals surface area contributed by atoms with Gasteiger partial charge in [-0.3, -0.25) is 9.58 Å². The first kappa shape index (κ1) is 18.0. The molecule has 8 heteroatoms. The summed E-state index contributed by atoms with van der Waals surface area (Å²) < 4.78 is 1.70. The van der Waals surface area contributed by atoms with Crippen LogP contribution in [0.5, 0.6) is 0 Å². The Labute approximate surface area is 153 Å². The number of nitrogens with zero attached hydrogens (tertiary/aromatic N) is 3. The largest absolute Gasteiger partial charge is 3.00 e. The number of fused-ring (bicyclic) bond motifs is 1. The fourth-order valence-electron chi connectivity index (χ4n) is 2.02. The van der Waals surface area contributed by atoms with Crippen molar-refractivity contribution in [1.29, 1.82) is 0 Å². The summed E-state index contributed by atoms with van der Waals surface area (Å²) in [5.41, 5.74) is 0.911. The van der Waals surface area contributed by atoms with E-state index in [0.717, 1.165) is 10.9 Å². The van der Waals surface area contributed by atoms with E-state index in [0.29, 0.717) is 6.54 Å². The maximum absolute atomic E-state index is 10.6. The number of hydrogen-bond donors (Lipinski definition) is 0. The Kier molecular flexibility index (Phi) is 7.17. The molecule has 0 bridgehead atoms. The molecule has 1 radical (unpaired) electrons. The molecule has 21 heavy (non-hydrogen) atoms. The number of carboxylic acid groups (broad SMARTS) is 2. The van der Waals surface area contributed by atoms with Crippen molar-refractivity contribution >= 4 is 22.8 Å². The van der Waals surface area contributed by atoms with Crippen molar-refractivity contribution in [2.75, 3.05) is 19.6 Å². The molecule has 0 aliphatic rings. The number of rotatable bonds is 7. The zero-order valence-electron chi connectivity index (χ0n) is 11.0. The predicted molar refractivity (Wildman–Crippen MR) is 66.2 cm³/mol. The van der Waals surface area contributed by atoms with Crippen LogP contribution in [0.15, 0.2) is 30.5 Å². The average Bonchev–Trinajstić information content (AvgIpc) is 2.78. The summed E-state index contributed by atoms with van der Waals surface area (Å²) in [5.74, 6) is -2.65. The molecule has 0 atom stereocenters. The SMILES string of the molecule is O=C([O-])CN(CCn1ncc2ccccc21)CC(=O)[O-].[Gd+3]. The van der Waals surface area contributed by atoms with Crippen LogP contribution in [-0.4, -0.2) is 46.3 Å². The fourth-order valence-corrected chi connectivity index (χ4v) is 2.02. The molecule has 1 heterocycles. The van der Waals surface area contributed by atoms with E-state index in [-0.39, 0.29) is 46.5 Å². The molecule has 0 spiro atoms. The molecule has 2 rings (SSSR count). The Bertz CT molecular complexity index is 613. The van der Waals surface area contributed by atoms with Crippen molar-refractivity contribution in [2.24, 2.45) is 0 Å². The molecule has 0 amide bonds. The van der Waals surface area contributed by atoms with Crippen LogP contribution in [0, 0.1) is 39.9 Å². The first-order valence-electron chi connectivity index (χ1n) is 6.09. The van der Waals surface area contributed by atoms with Crippen LogP contribution >= 0.6 is 0 Å². The molecule has 0 aliphatic carbocycles. The molecule has 0 N–H and O–H groups in total. The molecule has 0 unspecified atom stereocenters. The number of aromatic nitrogens is 2. The number of carbonyl (C=O) groups is 2. The van der Waals surface area contributed by atoms with Gasteiger partial charge < -0.3 is 19.8 Å². The summed E-state index contributed by atoms with van der Waals surface area (Å²) in [4.78, 5) is 22.4. The van der Waals surface area contributed by atoms with Crippen LogP contribution in [0.4, 0.5) is 0 Å². The fraction of sp³-hybridized carbons (Fsp3) is 0.308. The monoisotopic (exact) mass is 433 g/mol. The maximum atomic E-state index is 10.6. The minimum atomic E-state index is -1.32. The van der Waals surface area contributed by atoms with Crippen molar-refractivity contribution in [1.82, 2.24) is 14.7 Å². The average molecular weight is 433 g/mol. The minimum absolute atomic E-state index is 0. The minimum Gasteiger partial charge on any atom is -0.549 e. The van der Waals surface area contributed by atoms with Gasteiger partial charge in [0.05, 0.1) is 30.2 Å². The van der Waals surface area contributed by atoms with Crippen molar-refractivity contribution in [3.63, 3.8) is 0 Å². The number of hydrogen-bond acceptors (Lipinski definition) is 6. The number of para-hydroxylation sites is 1. The Morgan fingerprint density at radius 1 is 1.14 bits per heavy atom. The molecular weight excluding hydrogens is 419 g/mol. The van der Waals surface area contributed by atoms with Gasteiger partial charge in [0.15, 0.2) is 0 Å². The Morgan fingerprint density at radius 2 is 1.76 bits per heavy atom. The van der Waals surface area contributed by atoms with Gasteiger partial charge in [0, 0.05) is 25.0 Å². The summed E-state index contributed by atoms with van der Waals surface area (Å²) in [6, 6.07) is 7.58. The zero-order valence-corrected chi connectivity index (χ0v) is 13.3. The topological polar surface area (TPSA) is 101 Å². The Hall–Kier alpha value is -1.09. The van der Waals surface area contributed by atoms with Gasteiger partial charge in [-0.05, 0) is 6.07 Å². The molecule has 0 saturated carbocycles. The number of carboxylic acids is 2. The summed E-state index contributed by atoms with van der Waals surface area (Å²) in [5, 5.41) is 26.3. The predicted octanol–water partition coefficient (Wildman–Crippen LogP) is -2.16. The number of aliphatic carboxylic acids is 2. The van der Waals surface area contributed by atoms with Gasteiger partial charge in [-0.15, -0.1) is 0 Å². The first-order chi connectivity index (χ1) is 9.56.